The molecule has 0 bridgehead atoms. The lowest BCUT2D eigenvalue weighted by atomic mass is 10.1. The first-order chi connectivity index (χ1) is 5.25. The molecule has 2 N–H and O–H groups in total. The van der Waals surface area contributed by atoms with Crippen LogP contribution in [0.3, 0.4) is 0 Å². The number of pyridine rings is 1. The van der Waals surface area contributed by atoms with E-state index in [0.29, 0.717) is 10.7 Å². The molecule has 0 fully saturated rings. The van der Waals surface area contributed by atoms with Crippen LogP contribution >= 0.6 is 11.6 Å². The molecule has 0 amide bonds. The molecule has 3 heteroatoms. The molecule has 0 aliphatic rings. The van der Waals surface area contributed by atoms with E-state index >= 15 is 0 Å². The van der Waals surface area contributed by atoms with Gasteiger partial charge in [-0.05, 0) is 12.0 Å². The van der Waals surface area contributed by atoms with Gasteiger partial charge in [0.15, 0.2) is 0 Å². The Kier molecular flexibility index (Phi) is 2.71. The summed E-state index contributed by atoms with van der Waals surface area (Å²) in [6.45, 7) is 2.09. The summed E-state index contributed by atoms with van der Waals surface area (Å²) >= 11 is 5.87. The van der Waals surface area contributed by atoms with Gasteiger partial charge in [-0.25, -0.2) is 0 Å². The van der Waals surface area contributed by atoms with Crippen LogP contribution in [0.4, 0.5) is 5.69 Å². The number of nitrogens with two attached hydrogens (primary N) is 1. The summed E-state index contributed by atoms with van der Waals surface area (Å²) in [7, 11) is 0. The van der Waals surface area contributed by atoms with E-state index in [1.807, 2.05) is 0 Å². The summed E-state index contributed by atoms with van der Waals surface area (Å²) in [5, 5.41) is 0.673. The quantitative estimate of drug-likeness (QED) is 0.740. The average molecular weight is 171 g/mol. The molecular formula is C8H11ClN2. The Balaban J connectivity index is 3.00. The third-order valence-electron chi connectivity index (χ3n) is 1.54. The molecule has 11 heavy (non-hydrogen) atoms. The van der Waals surface area contributed by atoms with Crippen molar-refractivity contribution in [3.8, 4) is 0 Å². The van der Waals surface area contributed by atoms with Crippen molar-refractivity contribution < 1.29 is 0 Å². The zero-order valence-corrected chi connectivity index (χ0v) is 7.23. The van der Waals surface area contributed by atoms with Gasteiger partial charge in [0.1, 0.15) is 0 Å². The fourth-order valence-corrected chi connectivity index (χ4v) is 1.25. The maximum atomic E-state index is 5.87. The Bertz CT molecular complexity index is 228. The Morgan fingerprint density at radius 2 is 2.27 bits per heavy atom. The van der Waals surface area contributed by atoms with Crippen molar-refractivity contribution in [3.63, 3.8) is 0 Å². The maximum absolute atomic E-state index is 5.87. The molecule has 1 aromatic rings. The van der Waals surface area contributed by atoms with Crippen molar-refractivity contribution in [2.75, 3.05) is 5.73 Å². The normalized spacial score (nSPS) is 10.0. The van der Waals surface area contributed by atoms with E-state index in [4.69, 9.17) is 17.3 Å². The van der Waals surface area contributed by atoms with Crippen LogP contribution in [0.2, 0.25) is 5.02 Å². The molecule has 1 rings (SSSR count). The van der Waals surface area contributed by atoms with Crippen LogP contribution in [0.1, 0.15) is 18.9 Å². The van der Waals surface area contributed by atoms with Crippen LogP contribution < -0.4 is 5.73 Å². The average Bonchev–Trinajstić information content (AvgIpc) is 1.97. The molecule has 0 aromatic carbocycles. The fourth-order valence-electron chi connectivity index (χ4n) is 0.990. The molecule has 0 saturated carbocycles. The van der Waals surface area contributed by atoms with E-state index in [2.05, 4.69) is 11.9 Å². The van der Waals surface area contributed by atoms with Gasteiger partial charge in [-0.3, -0.25) is 4.98 Å². The van der Waals surface area contributed by atoms with Gasteiger partial charge in [-0.15, -0.1) is 0 Å². The molecule has 0 radical (unpaired) electrons. The van der Waals surface area contributed by atoms with Crippen molar-refractivity contribution in [2.45, 2.75) is 19.8 Å². The Morgan fingerprint density at radius 1 is 1.55 bits per heavy atom. The van der Waals surface area contributed by atoms with Crippen LogP contribution in [0.15, 0.2) is 12.4 Å². The second kappa shape index (κ2) is 3.58. The van der Waals surface area contributed by atoms with Crippen LogP contribution in [0, 0.1) is 0 Å². The Morgan fingerprint density at radius 3 is 2.82 bits per heavy atom. The van der Waals surface area contributed by atoms with E-state index in [0.717, 1.165) is 18.4 Å². The monoisotopic (exact) mass is 170 g/mol. The summed E-state index contributed by atoms with van der Waals surface area (Å²) in [4.78, 5) is 3.87. The molecule has 2 nitrogen and oxygen atoms in total. The van der Waals surface area contributed by atoms with E-state index in [1.165, 1.54) is 0 Å². The summed E-state index contributed by atoms with van der Waals surface area (Å²) in [5.41, 5.74) is 7.37. The minimum atomic E-state index is 0.673. The predicted octanol–water partition coefficient (Wildman–Crippen LogP) is 2.27. The second-order valence-electron chi connectivity index (χ2n) is 2.44. The molecule has 0 aliphatic heterocycles. The first-order valence-corrected chi connectivity index (χ1v) is 4.01. The molecule has 0 spiro atoms. The second-order valence-corrected chi connectivity index (χ2v) is 2.85. The molecule has 1 heterocycles. The van der Waals surface area contributed by atoms with Crippen molar-refractivity contribution in [1.82, 2.24) is 4.98 Å². The maximum Gasteiger partial charge on any atom is 0.0641 e. The highest BCUT2D eigenvalue weighted by molar-refractivity contribution is 6.31. The smallest absolute Gasteiger partial charge is 0.0641 e. The standard InChI is InChI=1S/C8H11ClN2/c1-2-3-6-7(9)4-11-5-8(6)10/h4-5H,2-3,10H2,1H3. The molecule has 0 saturated heterocycles. The summed E-state index contributed by atoms with van der Waals surface area (Å²) in [6.07, 6.45) is 5.24. The number of anilines is 1. The topological polar surface area (TPSA) is 38.9 Å². The number of aromatic nitrogens is 1. The molecule has 1 aromatic heterocycles. The summed E-state index contributed by atoms with van der Waals surface area (Å²) < 4.78 is 0. The van der Waals surface area contributed by atoms with Gasteiger partial charge in [-0.1, -0.05) is 24.9 Å². The van der Waals surface area contributed by atoms with Gasteiger partial charge in [0.05, 0.1) is 16.9 Å². The van der Waals surface area contributed by atoms with Gasteiger partial charge in [-0.2, -0.15) is 0 Å². The number of halogens is 1. The van der Waals surface area contributed by atoms with Crippen molar-refractivity contribution in [3.05, 3.63) is 23.0 Å². The lowest BCUT2D eigenvalue weighted by molar-refractivity contribution is 0.921. The van der Waals surface area contributed by atoms with Crippen molar-refractivity contribution in [1.29, 1.82) is 0 Å². The van der Waals surface area contributed by atoms with E-state index in [1.54, 1.807) is 12.4 Å². The first kappa shape index (κ1) is 8.34. The molecule has 0 aliphatic carbocycles. The third kappa shape index (κ3) is 1.84. The minimum Gasteiger partial charge on any atom is -0.397 e. The van der Waals surface area contributed by atoms with E-state index < -0.39 is 0 Å². The van der Waals surface area contributed by atoms with Gasteiger partial charge in [0, 0.05) is 6.20 Å². The zero-order valence-electron chi connectivity index (χ0n) is 6.47. The highest BCUT2D eigenvalue weighted by atomic mass is 35.5. The third-order valence-corrected chi connectivity index (χ3v) is 1.86. The Hall–Kier alpha value is -0.760. The van der Waals surface area contributed by atoms with Crippen LogP contribution in [-0.4, -0.2) is 4.98 Å². The molecule has 0 atom stereocenters. The highest BCUT2D eigenvalue weighted by Gasteiger charge is 2.02. The Labute approximate surface area is 71.4 Å². The summed E-state index contributed by atoms with van der Waals surface area (Å²) in [5.74, 6) is 0. The number of nitrogen functional groups attached to an aromatic ring is 1. The predicted molar refractivity (Wildman–Crippen MR) is 47.7 cm³/mol. The number of hydrogen-bond acceptors (Lipinski definition) is 2. The van der Waals surface area contributed by atoms with Crippen LogP contribution in [-0.2, 0) is 6.42 Å². The van der Waals surface area contributed by atoms with Gasteiger partial charge in [0.2, 0.25) is 0 Å². The first-order valence-electron chi connectivity index (χ1n) is 3.63. The van der Waals surface area contributed by atoms with Crippen LogP contribution in [0.5, 0.6) is 0 Å². The number of hydrogen-bond donors (Lipinski definition) is 1. The number of rotatable bonds is 2. The van der Waals surface area contributed by atoms with E-state index in [9.17, 15) is 0 Å². The largest absolute Gasteiger partial charge is 0.397 e. The SMILES string of the molecule is CCCc1c(N)cncc1Cl. The zero-order chi connectivity index (χ0) is 8.27. The highest BCUT2D eigenvalue weighted by Crippen LogP contribution is 2.21. The lowest BCUT2D eigenvalue weighted by Gasteiger charge is -2.04. The minimum absolute atomic E-state index is 0.673. The van der Waals surface area contributed by atoms with Gasteiger partial charge in [0.25, 0.3) is 0 Å². The lowest BCUT2D eigenvalue weighted by Crippen LogP contribution is -1.95. The van der Waals surface area contributed by atoms with Gasteiger partial charge >= 0.3 is 0 Å². The summed E-state index contributed by atoms with van der Waals surface area (Å²) in [6, 6.07) is 0. The fraction of sp³-hybridized carbons (Fsp3) is 0.375. The molecule has 60 valence electrons. The van der Waals surface area contributed by atoms with Crippen molar-refractivity contribution in [2.24, 2.45) is 0 Å². The molecule has 0 unspecified atom stereocenters. The number of nitrogens with zero attached hydrogens (tertiary/aromatic N) is 1. The van der Waals surface area contributed by atoms with Crippen LogP contribution in [0.25, 0.3) is 0 Å². The van der Waals surface area contributed by atoms with E-state index in [-0.39, 0.29) is 0 Å². The molecular weight excluding hydrogens is 160 g/mol. The van der Waals surface area contributed by atoms with Crippen molar-refractivity contribution >= 4 is 17.3 Å². The van der Waals surface area contributed by atoms with Gasteiger partial charge < -0.3 is 5.73 Å².